The fraction of sp³-hybridized carbons (Fsp3) is 0.556. The van der Waals surface area contributed by atoms with E-state index in [1.54, 1.807) is 13.2 Å². The number of rotatable bonds is 4. The molecule has 4 rings (SSSR count). The lowest BCUT2D eigenvalue weighted by atomic mass is 9.89. The van der Waals surface area contributed by atoms with Crippen LogP contribution in [0.15, 0.2) is 22.7 Å². The van der Waals surface area contributed by atoms with Gasteiger partial charge in [-0.25, -0.2) is 0 Å². The summed E-state index contributed by atoms with van der Waals surface area (Å²) < 4.78 is 10.9. The first kappa shape index (κ1) is 15.9. The molecule has 5 nitrogen and oxygen atoms in total. The van der Waals surface area contributed by atoms with E-state index in [9.17, 15) is 0 Å². The Morgan fingerprint density at radius 1 is 1.21 bits per heavy atom. The quantitative estimate of drug-likeness (QED) is 0.832. The largest absolute Gasteiger partial charge is 0.494 e. The van der Waals surface area contributed by atoms with E-state index in [4.69, 9.17) is 20.9 Å². The minimum Gasteiger partial charge on any atom is -0.494 e. The van der Waals surface area contributed by atoms with Crippen molar-refractivity contribution in [1.82, 2.24) is 15.0 Å². The molecule has 0 radical (unpaired) electrons. The second-order valence-corrected chi connectivity index (χ2v) is 7.13. The van der Waals surface area contributed by atoms with Crippen LogP contribution in [0.25, 0.3) is 11.4 Å². The van der Waals surface area contributed by atoms with Crippen molar-refractivity contribution < 1.29 is 9.26 Å². The number of likely N-dealkylation sites (tertiary alicyclic amines) is 1. The van der Waals surface area contributed by atoms with E-state index in [0.29, 0.717) is 22.5 Å². The van der Waals surface area contributed by atoms with Gasteiger partial charge in [-0.15, -0.1) is 0 Å². The van der Waals surface area contributed by atoms with Crippen LogP contribution in [-0.4, -0.2) is 41.3 Å². The highest BCUT2D eigenvalue weighted by molar-refractivity contribution is 6.32. The molecular formula is C18H22ClN3O2. The summed E-state index contributed by atoms with van der Waals surface area (Å²) in [6.07, 6.45) is 6.79. The highest BCUT2D eigenvalue weighted by atomic mass is 35.5. The van der Waals surface area contributed by atoms with Gasteiger partial charge in [0.25, 0.3) is 0 Å². The maximum Gasteiger partial charge on any atom is 0.232 e. The van der Waals surface area contributed by atoms with Gasteiger partial charge in [-0.1, -0.05) is 42.1 Å². The van der Waals surface area contributed by atoms with Gasteiger partial charge >= 0.3 is 0 Å². The van der Waals surface area contributed by atoms with Crippen LogP contribution in [0.1, 0.15) is 43.9 Å². The SMILES string of the molecule is COc1c(Cl)cccc1-c1noc(C2CN(C3CCCCC3)C2)n1. The molecule has 1 aromatic carbocycles. The van der Waals surface area contributed by atoms with Crippen molar-refractivity contribution in [3.8, 4) is 17.1 Å². The summed E-state index contributed by atoms with van der Waals surface area (Å²) >= 11 is 6.17. The molecule has 6 heteroatoms. The molecule has 0 unspecified atom stereocenters. The second kappa shape index (κ2) is 6.73. The summed E-state index contributed by atoms with van der Waals surface area (Å²) in [6, 6.07) is 6.31. The van der Waals surface area contributed by atoms with E-state index < -0.39 is 0 Å². The summed E-state index contributed by atoms with van der Waals surface area (Å²) in [5.74, 6) is 2.20. The van der Waals surface area contributed by atoms with Gasteiger partial charge in [0.05, 0.1) is 23.6 Å². The summed E-state index contributed by atoms with van der Waals surface area (Å²) in [5.41, 5.74) is 0.767. The highest BCUT2D eigenvalue weighted by Gasteiger charge is 2.37. The van der Waals surface area contributed by atoms with Crippen molar-refractivity contribution in [3.63, 3.8) is 0 Å². The molecule has 2 aliphatic rings. The van der Waals surface area contributed by atoms with Crippen LogP contribution in [0.4, 0.5) is 0 Å². The molecule has 1 aromatic heterocycles. The standard InChI is InChI=1S/C18H22ClN3O2/c1-23-16-14(8-5-9-15(16)19)17-20-18(24-21-17)12-10-22(11-12)13-6-3-2-4-7-13/h5,8-9,12-13H,2-4,6-7,10-11H2,1H3. The van der Waals surface area contributed by atoms with Gasteiger partial charge in [0.2, 0.25) is 11.7 Å². The molecule has 1 aliphatic heterocycles. The van der Waals surface area contributed by atoms with Gasteiger partial charge in [0.1, 0.15) is 5.75 Å². The molecule has 1 saturated heterocycles. The van der Waals surface area contributed by atoms with Crippen LogP contribution in [0, 0.1) is 0 Å². The molecule has 128 valence electrons. The zero-order chi connectivity index (χ0) is 16.5. The zero-order valence-electron chi connectivity index (χ0n) is 13.9. The molecule has 2 heterocycles. The van der Waals surface area contributed by atoms with Crippen LogP contribution in [0.2, 0.25) is 5.02 Å². The van der Waals surface area contributed by atoms with Gasteiger partial charge < -0.3 is 9.26 Å². The van der Waals surface area contributed by atoms with Crippen LogP contribution >= 0.6 is 11.6 Å². The second-order valence-electron chi connectivity index (χ2n) is 6.72. The Balaban J connectivity index is 1.46. The third-order valence-corrected chi connectivity index (χ3v) is 5.50. The molecule has 24 heavy (non-hydrogen) atoms. The summed E-state index contributed by atoms with van der Waals surface area (Å²) in [5, 5.41) is 4.68. The van der Waals surface area contributed by atoms with Crippen molar-refractivity contribution in [2.24, 2.45) is 0 Å². The van der Waals surface area contributed by atoms with E-state index in [1.165, 1.54) is 32.1 Å². The van der Waals surface area contributed by atoms with Crippen LogP contribution in [0.5, 0.6) is 5.75 Å². The molecule has 1 aliphatic carbocycles. The first-order chi connectivity index (χ1) is 11.8. The van der Waals surface area contributed by atoms with E-state index >= 15 is 0 Å². The Bertz CT molecular complexity index is 706. The number of aromatic nitrogens is 2. The Morgan fingerprint density at radius 2 is 2.00 bits per heavy atom. The molecule has 0 N–H and O–H groups in total. The van der Waals surface area contributed by atoms with Gasteiger partial charge in [-0.3, -0.25) is 4.90 Å². The third-order valence-electron chi connectivity index (χ3n) is 5.20. The fourth-order valence-electron chi connectivity index (χ4n) is 3.82. The van der Waals surface area contributed by atoms with E-state index in [2.05, 4.69) is 15.0 Å². The van der Waals surface area contributed by atoms with Crippen LogP contribution in [-0.2, 0) is 0 Å². The number of ether oxygens (including phenoxy) is 1. The number of nitrogens with zero attached hydrogens (tertiary/aromatic N) is 3. The van der Waals surface area contributed by atoms with E-state index in [-0.39, 0.29) is 0 Å². The summed E-state index contributed by atoms with van der Waals surface area (Å²) in [7, 11) is 1.60. The zero-order valence-corrected chi connectivity index (χ0v) is 14.6. The smallest absolute Gasteiger partial charge is 0.232 e. The summed E-state index contributed by atoms with van der Waals surface area (Å²) in [6.45, 7) is 2.05. The Kier molecular flexibility index (Phi) is 4.46. The average Bonchev–Trinajstić information content (AvgIpc) is 3.03. The number of hydrogen-bond acceptors (Lipinski definition) is 5. The molecule has 0 atom stereocenters. The average molecular weight is 348 g/mol. The minimum atomic E-state index is 0.346. The number of hydrogen-bond donors (Lipinski definition) is 0. The third kappa shape index (κ3) is 2.91. The number of benzene rings is 1. The normalized spacial score (nSPS) is 20.1. The first-order valence-electron chi connectivity index (χ1n) is 8.67. The predicted octanol–water partition coefficient (Wildman–Crippen LogP) is 4.13. The van der Waals surface area contributed by atoms with Crippen LogP contribution < -0.4 is 4.74 Å². The lowest BCUT2D eigenvalue weighted by molar-refractivity contribution is 0.0563. The van der Waals surface area contributed by atoms with Gasteiger partial charge in [-0.2, -0.15) is 4.98 Å². The number of para-hydroxylation sites is 1. The molecule has 0 amide bonds. The number of methoxy groups -OCH3 is 1. The molecule has 2 aromatic rings. The molecule has 0 spiro atoms. The fourth-order valence-corrected chi connectivity index (χ4v) is 4.07. The van der Waals surface area contributed by atoms with Gasteiger partial charge in [0.15, 0.2) is 0 Å². The lowest BCUT2D eigenvalue weighted by Crippen LogP contribution is -2.51. The predicted molar refractivity (Wildman–Crippen MR) is 92.5 cm³/mol. The van der Waals surface area contributed by atoms with Crippen LogP contribution in [0.3, 0.4) is 0 Å². The lowest BCUT2D eigenvalue weighted by Gasteiger charge is -2.44. The first-order valence-corrected chi connectivity index (χ1v) is 9.04. The van der Waals surface area contributed by atoms with Crippen molar-refractivity contribution in [3.05, 3.63) is 29.1 Å². The Labute approximate surface area is 146 Å². The molecule has 0 bridgehead atoms. The van der Waals surface area contributed by atoms with Crippen molar-refractivity contribution >= 4 is 11.6 Å². The van der Waals surface area contributed by atoms with Crippen molar-refractivity contribution in [2.75, 3.05) is 20.2 Å². The Morgan fingerprint density at radius 3 is 2.75 bits per heavy atom. The van der Waals surface area contributed by atoms with E-state index in [1.807, 2.05) is 12.1 Å². The maximum atomic E-state index is 6.17. The van der Waals surface area contributed by atoms with Crippen molar-refractivity contribution in [2.45, 2.75) is 44.1 Å². The Hall–Kier alpha value is -1.59. The monoisotopic (exact) mass is 347 g/mol. The minimum absolute atomic E-state index is 0.346. The summed E-state index contributed by atoms with van der Waals surface area (Å²) in [4.78, 5) is 7.15. The van der Waals surface area contributed by atoms with Gasteiger partial charge in [-0.05, 0) is 25.0 Å². The molecular weight excluding hydrogens is 326 g/mol. The van der Waals surface area contributed by atoms with E-state index in [0.717, 1.165) is 30.6 Å². The molecule has 1 saturated carbocycles. The van der Waals surface area contributed by atoms with Gasteiger partial charge in [0, 0.05) is 19.1 Å². The topological polar surface area (TPSA) is 51.4 Å². The maximum absolute atomic E-state index is 6.17. The molecule has 2 fully saturated rings. The number of halogens is 1. The highest BCUT2D eigenvalue weighted by Crippen LogP contribution is 2.37. The van der Waals surface area contributed by atoms with Crippen molar-refractivity contribution in [1.29, 1.82) is 0 Å².